The Morgan fingerprint density at radius 1 is 1.39 bits per heavy atom. The van der Waals surface area contributed by atoms with Crippen LogP contribution >= 0.6 is 24.0 Å². The zero-order chi connectivity index (χ0) is 16.0. The third kappa shape index (κ3) is 6.10. The summed E-state index contributed by atoms with van der Waals surface area (Å²) in [4.78, 5) is 18.6. The van der Waals surface area contributed by atoms with E-state index in [-0.39, 0.29) is 35.9 Å². The van der Waals surface area contributed by atoms with Gasteiger partial charge in [0, 0.05) is 44.1 Å². The van der Waals surface area contributed by atoms with E-state index in [2.05, 4.69) is 27.4 Å². The summed E-state index contributed by atoms with van der Waals surface area (Å²) < 4.78 is 5.58. The molecule has 2 N–H and O–H groups in total. The number of hydrogen-bond donors (Lipinski definition) is 2. The van der Waals surface area contributed by atoms with Gasteiger partial charge in [-0.15, -0.1) is 24.0 Å². The van der Waals surface area contributed by atoms with E-state index < -0.39 is 0 Å². The van der Waals surface area contributed by atoms with Gasteiger partial charge in [0.25, 0.3) is 0 Å². The maximum atomic E-state index is 11.7. The van der Waals surface area contributed by atoms with Gasteiger partial charge in [0.05, 0.1) is 13.2 Å². The van der Waals surface area contributed by atoms with Crippen LogP contribution in [0, 0.1) is 5.41 Å². The van der Waals surface area contributed by atoms with Crippen molar-refractivity contribution in [2.45, 2.75) is 46.1 Å². The molecule has 23 heavy (non-hydrogen) atoms. The standard InChI is InChI=1S/C16H30N4O2.HI/c1-4-17-15(18-8-5-14(21)19-13(2)3)20-9-6-16(11-20)7-10-22-12-16;/h13H,4-12H2,1-3H3,(H,17,18)(H,19,21);1H. The molecule has 2 rings (SSSR count). The summed E-state index contributed by atoms with van der Waals surface area (Å²) in [6, 6.07) is 0.186. The highest BCUT2D eigenvalue weighted by atomic mass is 127. The summed E-state index contributed by atoms with van der Waals surface area (Å²) in [7, 11) is 0. The Morgan fingerprint density at radius 2 is 2.17 bits per heavy atom. The lowest BCUT2D eigenvalue weighted by atomic mass is 9.87. The Kier molecular flexibility index (Phi) is 8.60. The number of likely N-dealkylation sites (tertiary alicyclic amines) is 1. The van der Waals surface area contributed by atoms with E-state index in [0.29, 0.717) is 18.4 Å². The molecule has 0 aromatic rings. The minimum absolute atomic E-state index is 0. The molecule has 1 unspecified atom stereocenters. The van der Waals surface area contributed by atoms with Gasteiger partial charge in [0.2, 0.25) is 5.91 Å². The van der Waals surface area contributed by atoms with Crippen molar-refractivity contribution in [1.82, 2.24) is 15.5 Å². The molecule has 0 aliphatic carbocycles. The largest absolute Gasteiger partial charge is 0.381 e. The number of carbonyl (C=O) groups is 1. The third-order valence-electron chi connectivity index (χ3n) is 4.31. The lowest BCUT2D eigenvalue weighted by molar-refractivity contribution is -0.121. The molecule has 2 aliphatic heterocycles. The molecule has 7 heteroatoms. The number of carbonyl (C=O) groups excluding carboxylic acids is 1. The highest BCUT2D eigenvalue weighted by Crippen LogP contribution is 2.38. The summed E-state index contributed by atoms with van der Waals surface area (Å²) >= 11 is 0. The number of rotatable bonds is 5. The average Bonchev–Trinajstić information content (AvgIpc) is 3.08. The molecular weight excluding hydrogens is 407 g/mol. The minimum Gasteiger partial charge on any atom is -0.381 e. The predicted molar refractivity (Wildman–Crippen MR) is 103 cm³/mol. The van der Waals surface area contributed by atoms with Crippen molar-refractivity contribution in [2.75, 3.05) is 39.4 Å². The topological polar surface area (TPSA) is 66.0 Å². The van der Waals surface area contributed by atoms with E-state index in [9.17, 15) is 4.79 Å². The number of aliphatic imine (C=N–C) groups is 1. The van der Waals surface area contributed by atoms with E-state index in [1.165, 1.54) is 6.42 Å². The highest BCUT2D eigenvalue weighted by molar-refractivity contribution is 14.0. The summed E-state index contributed by atoms with van der Waals surface area (Å²) in [5.41, 5.74) is 0.325. The molecule has 2 fully saturated rings. The lowest BCUT2D eigenvalue weighted by Gasteiger charge is -2.25. The van der Waals surface area contributed by atoms with Crippen LogP contribution in [0.2, 0.25) is 0 Å². The van der Waals surface area contributed by atoms with Crippen LogP contribution in [0.3, 0.4) is 0 Å². The van der Waals surface area contributed by atoms with E-state index in [1.807, 2.05) is 13.8 Å². The maximum Gasteiger partial charge on any atom is 0.222 e. The molecule has 0 saturated carbocycles. The molecule has 0 aromatic carbocycles. The average molecular weight is 438 g/mol. The van der Waals surface area contributed by atoms with Gasteiger partial charge in [-0.3, -0.25) is 9.79 Å². The first-order valence-electron chi connectivity index (χ1n) is 8.45. The van der Waals surface area contributed by atoms with Crippen molar-refractivity contribution in [2.24, 2.45) is 10.4 Å². The molecular formula is C16H31IN4O2. The first-order valence-corrected chi connectivity index (χ1v) is 8.45. The molecule has 134 valence electrons. The number of nitrogens with one attached hydrogen (secondary N) is 2. The minimum atomic E-state index is 0. The van der Waals surface area contributed by atoms with E-state index >= 15 is 0 Å². The lowest BCUT2D eigenvalue weighted by Crippen LogP contribution is -2.41. The van der Waals surface area contributed by atoms with Gasteiger partial charge in [-0.25, -0.2) is 0 Å². The molecule has 2 saturated heterocycles. The van der Waals surface area contributed by atoms with E-state index in [0.717, 1.165) is 45.2 Å². The highest BCUT2D eigenvalue weighted by Gasteiger charge is 2.42. The van der Waals surface area contributed by atoms with Crippen molar-refractivity contribution in [1.29, 1.82) is 0 Å². The van der Waals surface area contributed by atoms with Crippen LogP contribution in [-0.2, 0) is 9.53 Å². The predicted octanol–water partition coefficient (Wildman–Crippen LogP) is 1.60. The molecule has 2 aliphatic rings. The van der Waals surface area contributed by atoms with Gasteiger partial charge in [-0.2, -0.15) is 0 Å². The zero-order valence-electron chi connectivity index (χ0n) is 14.6. The SMILES string of the molecule is CCNC(=NCCC(=O)NC(C)C)N1CCC2(CCOC2)C1.I. The first-order chi connectivity index (χ1) is 10.5. The number of halogens is 1. The fourth-order valence-electron chi connectivity index (χ4n) is 3.17. The van der Waals surface area contributed by atoms with Crippen LogP contribution in [0.25, 0.3) is 0 Å². The number of guanidine groups is 1. The zero-order valence-corrected chi connectivity index (χ0v) is 16.9. The maximum absolute atomic E-state index is 11.7. The van der Waals surface area contributed by atoms with Crippen molar-refractivity contribution in [3.63, 3.8) is 0 Å². The second kappa shape index (κ2) is 9.66. The van der Waals surface area contributed by atoms with Gasteiger partial charge in [0.15, 0.2) is 5.96 Å². The molecule has 6 nitrogen and oxygen atoms in total. The fraction of sp³-hybridized carbons (Fsp3) is 0.875. The third-order valence-corrected chi connectivity index (χ3v) is 4.31. The Morgan fingerprint density at radius 3 is 2.78 bits per heavy atom. The first kappa shape index (κ1) is 20.5. The quantitative estimate of drug-likeness (QED) is 0.389. The number of nitrogens with zero attached hydrogens (tertiary/aromatic N) is 2. The molecule has 1 spiro atoms. The van der Waals surface area contributed by atoms with Crippen molar-refractivity contribution < 1.29 is 9.53 Å². The Labute approximate surface area is 156 Å². The fourth-order valence-corrected chi connectivity index (χ4v) is 3.17. The smallest absolute Gasteiger partial charge is 0.222 e. The molecule has 2 heterocycles. The normalized spacial score (nSPS) is 24.2. The van der Waals surface area contributed by atoms with Gasteiger partial charge in [-0.05, 0) is 33.6 Å². The summed E-state index contributed by atoms with van der Waals surface area (Å²) in [6.07, 6.45) is 2.76. The summed E-state index contributed by atoms with van der Waals surface area (Å²) in [5.74, 6) is 1.00. The summed E-state index contributed by atoms with van der Waals surface area (Å²) in [5, 5.41) is 6.25. The molecule has 0 aromatic heterocycles. The van der Waals surface area contributed by atoms with Crippen LogP contribution in [0.4, 0.5) is 0 Å². The molecule has 1 atom stereocenters. The number of hydrogen-bond acceptors (Lipinski definition) is 3. The second-order valence-electron chi connectivity index (χ2n) is 6.68. The number of amides is 1. The van der Waals surface area contributed by atoms with Crippen LogP contribution in [0.5, 0.6) is 0 Å². The van der Waals surface area contributed by atoms with Gasteiger partial charge < -0.3 is 20.3 Å². The molecule has 0 radical (unpaired) electrons. The van der Waals surface area contributed by atoms with Gasteiger partial charge in [-0.1, -0.05) is 0 Å². The van der Waals surface area contributed by atoms with Gasteiger partial charge in [0.1, 0.15) is 0 Å². The van der Waals surface area contributed by atoms with Crippen LogP contribution in [0.15, 0.2) is 4.99 Å². The number of ether oxygens (including phenoxy) is 1. The molecule has 0 bridgehead atoms. The Balaban J connectivity index is 0.00000264. The van der Waals surface area contributed by atoms with Crippen LogP contribution in [0.1, 0.15) is 40.0 Å². The van der Waals surface area contributed by atoms with E-state index in [1.54, 1.807) is 0 Å². The monoisotopic (exact) mass is 438 g/mol. The van der Waals surface area contributed by atoms with Crippen LogP contribution < -0.4 is 10.6 Å². The second-order valence-corrected chi connectivity index (χ2v) is 6.68. The molecule has 1 amide bonds. The Hall–Kier alpha value is -0.570. The summed E-state index contributed by atoms with van der Waals surface area (Å²) in [6.45, 7) is 11.2. The van der Waals surface area contributed by atoms with Crippen molar-refractivity contribution in [3.8, 4) is 0 Å². The Bertz CT molecular complexity index is 409. The van der Waals surface area contributed by atoms with E-state index in [4.69, 9.17) is 4.74 Å². The van der Waals surface area contributed by atoms with Crippen molar-refractivity contribution in [3.05, 3.63) is 0 Å². The van der Waals surface area contributed by atoms with Crippen molar-refractivity contribution >= 4 is 35.8 Å². The van der Waals surface area contributed by atoms with Gasteiger partial charge >= 0.3 is 0 Å². The van der Waals surface area contributed by atoms with Crippen LogP contribution in [-0.4, -0.2) is 62.2 Å².